The lowest BCUT2D eigenvalue weighted by Gasteiger charge is -2.14. The fraction of sp³-hybridized carbons (Fsp3) is 0.909. The molecule has 0 rings (SSSR count). The molecule has 15 heavy (non-hydrogen) atoms. The Morgan fingerprint density at radius 1 is 1.27 bits per heavy atom. The van der Waals surface area contributed by atoms with E-state index in [1.54, 1.807) is 0 Å². The molecule has 0 aliphatic heterocycles. The highest BCUT2D eigenvalue weighted by Gasteiger charge is 2.01. The molecule has 0 heterocycles. The van der Waals surface area contributed by atoms with Gasteiger partial charge in [0.1, 0.15) is 0 Å². The van der Waals surface area contributed by atoms with Gasteiger partial charge in [0.05, 0.1) is 6.61 Å². The van der Waals surface area contributed by atoms with E-state index in [0.717, 1.165) is 32.4 Å². The Balaban J connectivity index is 3.20. The number of esters is 1. The predicted molar refractivity (Wildman–Crippen MR) is 61.7 cm³/mol. The maximum atomic E-state index is 11.0. The van der Waals surface area contributed by atoms with Crippen molar-refractivity contribution < 1.29 is 9.53 Å². The molecule has 0 aromatic rings. The summed E-state index contributed by atoms with van der Waals surface area (Å²) in [6, 6.07) is 0. The minimum absolute atomic E-state index is 0.0761. The van der Waals surface area contributed by atoms with Crippen LogP contribution < -0.4 is 5.73 Å². The van der Waals surface area contributed by atoms with E-state index in [9.17, 15) is 4.79 Å². The van der Waals surface area contributed by atoms with Gasteiger partial charge in [-0.15, -0.1) is 0 Å². The van der Waals surface area contributed by atoms with Gasteiger partial charge in [0, 0.05) is 19.5 Å². The van der Waals surface area contributed by atoms with Crippen molar-refractivity contribution in [3.8, 4) is 0 Å². The Bertz CT molecular complexity index is 163. The average Bonchev–Trinajstić information content (AvgIpc) is 2.18. The van der Waals surface area contributed by atoms with Crippen molar-refractivity contribution in [2.75, 3.05) is 33.3 Å². The van der Waals surface area contributed by atoms with Crippen LogP contribution in [0.3, 0.4) is 0 Å². The first-order valence-corrected chi connectivity index (χ1v) is 5.75. The van der Waals surface area contributed by atoms with Gasteiger partial charge < -0.3 is 15.4 Å². The van der Waals surface area contributed by atoms with E-state index in [2.05, 4.69) is 11.9 Å². The van der Waals surface area contributed by atoms with E-state index in [4.69, 9.17) is 10.5 Å². The minimum atomic E-state index is -0.0761. The van der Waals surface area contributed by atoms with E-state index in [1.165, 1.54) is 0 Å². The molecule has 0 aliphatic carbocycles. The lowest BCUT2D eigenvalue weighted by atomic mass is 10.2. The zero-order chi connectivity index (χ0) is 11.5. The second-order valence-electron chi connectivity index (χ2n) is 3.71. The third-order valence-corrected chi connectivity index (χ3v) is 2.24. The summed E-state index contributed by atoms with van der Waals surface area (Å²) < 4.78 is 4.84. The van der Waals surface area contributed by atoms with Gasteiger partial charge in [0.15, 0.2) is 0 Å². The minimum Gasteiger partial charge on any atom is -0.466 e. The van der Waals surface area contributed by atoms with E-state index in [-0.39, 0.29) is 5.97 Å². The fourth-order valence-corrected chi connectivity index (χ4v) is 1.39. The molecule has 2 N–H and O–H groups in total. The lowest BCUT2D eigenvalue weighted by Crippen LogP contribution is -2.26. The van der Waals surface area contributed by atoms with Crippen molar-refractivity contribution in [2.45, 2.75) is 32.6 Å². The molecule has 90 valence electrons. The van der Waals surface area contributed by atoms with Crippen LogP contribution in [0.4, 0.5) is 0 Å². The Labute approximate surface area is 92.8 Å². The molecule has 0 aromatic heterocycles. The highest BCUT2D eigenvalue weighted by molar-refractivity contribution is 5.69. The molecule has 4 heteroatoms. The summed E-state index contributed by atoms with van der Waals surface area (Å²) in [7, 11) is 2.07. The molecular weight excluding hydrogens is 192 g/mol. The molecule has 0 amide bonds. The standard InChI is InChI=1S/C11H24N2O2/c1-3-15-11(14)7-5-4-6-9-13(2)10-8-12/h3-10,12H2,1-2H3. The first-order valence-electron chi connectivity index (χ1n) is 5.75. The molecule has 0 bridgehead atoms. The number of hydrogen-bond acceptors (Lipinski definition) is 4. The number of carbonyl (C=O) groups excluding carboxylic acids is 1. The van der Waals surface area contributed by atoms with Crippen molar-refractivity contribution in [2.24, 2.45) is 5.73 Å². The van der Waals surface area contributed by atoms with Crippen LogP contribution in [0.25, 0.3) is 0 Å². The largest absolute Gasteiger partial charge is 0.466 e. The predicted octanol–water partition coefficient (Wildman–Crippen LogP) is 1.00. The summed E-state index contributed by atoms with van der Waals surface area (Å²) in [6.07, 6.45) is 3.67. The molecule has 0 unspecified atom stereocenters. The normalized spacial score (nSPS) is 10.7. The van der Waals surface area contributed by atoms with Crippen molar-refractivity contribution in [1.29, 1.82) is 0 Å². The first kappa shape index (κ1) is 14.4. The summed E-state index contributed by atoms with van der Waals surface area (Å²) in [6.45, 7) is 5.02. The van der Waals surface area contributed by atoms with E-state index < -0.39 is 0 Å². The molecular formula is C11H24N2O2. The number of carbonyl (C=O) groups is 1. The molecule has 0 aromatic carbocycles. The second-order valence-corrected chi connectivity index (χ2v) is 3.71. The fourth-order valence-electron chi connectivity index (χ4n) is 1.39. The van der Waals surface area contributed by atoms with Crippen LogP contribution in [0.1, 0.15) is 32.6 Å². The van der Waals surface area contributed by atoms with E-state index in [1.807, 2.05) is 6.92 Å². The number of nitrogens with zero attached hydrogens (tertiary/aromatic N) is 1. The molecule has 0 aliphatic rings. The van der Waals surface area contributed by atoms with Crippen LogP contribution >= 0.6 is 0 Å². The van der Waals surface area contributed by atoms with Crippen molar-refractivity contribution in [1.82, 2.24) is 4.90 Å². The number of ether oxygens (including phenoxy) is 1. The zero-order valence-electron chi connectivity index (χ0n) is 10.00. The summed E-state index contributed by atoms with van der Waals surface area (Å²) in [5.74, 6) is -0.0761. The molecule has 0 saturated carbocycles. The summed E-state index contributed by atoms with van der Waals surface area (Å²) >= 11 is 0. The monoisotopic (exact) mass is 216 g/mol. The Kier molecular flexibility index (Phi) is 9.52. The maximum absolute atomic E-state index is 11.0. The molecule has 0 radical (unpaired) electrons. The molecule has 4 nitrogen and oxygen atoms in total. The molecule has 0 spiro atoms. The van der Waals surface area contributed by atoms with E-state index >= 15 is 0 Å². The SMILES string of the molecule is CCOC(=O)CCCCCN(C)CCN. The van der Waals surface area contributed by atoms with Crippen LogP contribution in [0.2, 0.25) is 0 Å². The zero-order valence-corrected chi connectivity index (χ0v) is 10.00. The van der Waals surface area contributed by atoms with Gasteiger partial charge in [-0.25, -0.2) is 0 Å². The molecule has 0 saturated heterocycles. The summed E-state index contributed by atoms with van der Waals surface area (Å²) in [5, 5.41) is 0. The van der Waals surface area contributed by atoms with E-state index in [0.29, 0.717) is 19.6 Å². The van der Waals surface area contributed by atoms with Gasteiger partial charge in [-0.3, -0.25) is 4.79 Å². The summed E-state index contributed by atoms with van der Waals surface area (Å²) in [5.41, 5.74) is 5.43. The second kappa shape index (κ2) is 9.93. The van der Waals surface area contributed by atoms with Crippen LogP contribution in [-0.4, -0.2) is 44.2 Å². The number of unbranched alkanes of at least 4 members (excludes halogenated alkanes) is 2. The van der Waals surface area contributed by atoms with Crippen molar-refractivity contribution >= 4 is 5.97 Å². The van der Waals surface area contributed by atoms with Gasteiger partial charge in [-0.2, -0.15) is 0 Å². The van der Waals surface area contributed by atoms with Crippen LogP contribution in [-0.2, 0) is 9.53 Å². The average molecular weight is 216 g/mol. The lowest BCUT2D eigenvalue weighted by molar-refractivity contribution is -0.143. The molecule has 0 fully saturated rings. The van der Waals surface area contributed by atoms with Gasteiger partial charge in [0.25, 0.3) is 0 Å². The number of hydrogen-bond donors (Lipinski definition) is 1. The first-order chi connectivity index (χ1) is 7.20. The highest BCUT2D eigenvalue weighted by atomic mass is 16.5. The van der Waals surface area contributed by atoms with Crippen molar-refractivity contribution in [3.05, 3.63) is 0 Å². The topological polar surface area (TPSA) is 55.6 Å². The van der Waals surface area contributed by atoms with Crippen LogP contribution in [0.5, 0.6) is 0 Å². The Morgan fingerprint density at radius 3 is 2.60 bits per heavy atom. The van der Waals surface area contributed by atoms with Gasteiger partial charge >= 0.3 is 5.97 Å². The van der Waals surface area contributed by atoms with Gasteiger partial charge in [0.2, 0.25) is 0 Å². The van der Waals surface area contributed by atoms with Crippen LogP contribution in [0.15, 0.2) is 0 Å². The smallest absolute Gasteiger partial charge is 0.305 e. The number of likely N-dealkylation sites (N-methyl/N-ethyl adjacent to an activating group) is 1. The number of rotatable bonds is 9. The van der Waals surface area contributed by atoms with Crippen LogP contribution in [0, 0.1) is 0 Å². The van der Waals surface area contributed by atoms with Crippen molar-refractivity contribution in [3.63, 3.8) is 0 Å². The Hall–Kier alpha value is -0.610. The highest BCUT2D eigenvalue weighted by Crippen LogP contribution is 2.02. The Morgan fingerprint density at radius 2 is 2.00 bits per heavy atom. The van der Waals surface area contributed by atoms with Gasteiger partial charge in [-0.05, 0) is 33.4 Å². The third kappa shape index (κ3) is 9.69. The number of nitrogens with two attached hydrogens (primary N) is 1. The maximum Gasteiger partial charge on any atom is 0.305 e. The quantitative estimate of drug-likeness (QED) is 0.461. The summed E-state index contributed by atoms with van der Waals surface area (Å²) in [4.78, 5) is 13.2. The van der Waals surface area contributed by atoms with Gasteiger partial charge in [-0.1, -0.05) is 6.42 Å². The third-order valence-electron chi connectivity index (χ3n) is 2.24. The molecule has 0 atom stereocenters.